The van der Waals surface area contributed by atoms with E-state index < -0.39 is 35.0 Å². The van der Waals surface area contributed by atoms with Gasteiger partial charge in [0.1, 0.15) is 5.82 Å². The van der Waals surface area contributed by atoms with Crippen molar-refractivity contribution >= 4 is 5.97 Å². The van der Waals surface area contributed by atoms with Crippen molar-refractivity contribution in [2.24, 2.45) is 0 Å². The van der Waals surface area contributed by atoms with Crippen molar-refractivity contribution in [2.45, 2.75) is 6.10 Å². The molecule has 0 radical (unpaired) electrons. The van der Waals surface area contributed by atoms with Crippen LogP contribution in [0.2, 0.25) is 0 Å². The van der Waals surface area contributed by atoms with E-state index in [9.17, 15) is 13.6 Å². The van der Waals surface area contributed by atoms with Crippen molar-refractivity contribution in [3.05, 3.63) is 29.3 Å². The first kappa shape index (κ1) is 10.4. The van der Waals surface area contributed by atoms with Crippen LogP contribution in [0.5, 0.6) is 5.75 Å². The Labute approximate surface area is 77.0 Å². The molecule has 0 aliphatic rings. The Kier molecular flexibility index (Phi) is 2.66. The lowest BCUT2D eigenvalue weighted by atomic mass is 10.1. The van der Waals surface area contributed by atoms with E-state index in [0.29, 0.717) is 6.07 Å². The summed E-state index contributed by atoms with van der Waals surface area (Å²) in [5.74, 6) is -5.41. The Hall–Kier alpha value is -1.69. The zero-order valence-corrected chi connectivity index (χ0v) is 6.74. The number of aromatic hydroxyl groups is 1. The van der Waals surface area contributed by atoms with Crippen LogP contribution in [-0.4, -0.2) is 21.3 Å². The number of carbonyl (C=O) groups is 1. The molecule has 0 aromatic heterocycles. The molecule has 14 heavy (non-hydrogen) atoms. The van der Waals surface area contributed by atoms with Gasteiger partial charge < -0.3 is 15.3 Å². The predicted molar refractivity (Wildman–Crippen MR) is 40.6 cm³/mol. The maximum atomic E-state index is 13.0. The summed E-state index contributed by atoms with van der Waals surface area (Å²) in [5.41, 5.74) is -1.07. The molecule has 0 saturated heterocycles. The SMILES string of the molecule is O=C(O)C(O)c1c(F)ccc(O)c1F. The summed E-state index contributed by atoms with van der Waals surface area (Å²) in [6, 6.07) is 1.39. The largest absolute Gasteiger partial charge is 0.505 e. The van der Waals surface area contributed by atoms with Crippen LogP contribution in [0.1, 0.15) is 11.7 Å². The van der Waals surface area contributed by atoms with Gasteiger partial charge in [0.15, 0.2) is 17.7 Å². The number of phenols is 1. The summed E-state index contributed by atoms with van der Waals surface area (Å²) in [5, 5.41) is 26.0. The highest BCUT2D eigenvalue weighted by Crippen LogP contribution is 2.27. The summed E-state index contributed by atoms with van der Waals surface area (Å²) in [6.07, 6.45) is -2.33. The van der Waals surface area contributed by atoms with Crippen molar-refractivity contribution in [2.75, 3.05) is 0 Å². The predicted octanol–water partition coefficient (Wildman–Crippen LogP) is 0.788. The van der Waals surface area contributed by atoms with Gasteiger partial charge in [0.05, 0.1) is 5.56 Å². The third kappa shape index (κ3) is 1.64. The average molecular weight is 204 g/mol. The fourth-order valence-electron chi connectivity index (χ4n) is 0.932. The Morgan fingerprint density at radius 3 is 2.43 bits per heavy atom. The van der Waals surface area contributed by atoms with Gasteiger partial charge in [0, 0.05) is 0 Å². The minimum atomic E-state index is -2.33. The molecule has 0 amide bonds. The number of benzene rings is 1. The fraction of sp³-hybridized carbons (Fsp3) is 0.125. The first-order chi connectivity index (χ1) is 6.45. The summed E-state index contributed by atoms with van der Waals surface area (Å²) in [4.78, 5) is 10.3. The third-order valence-electron chi connectivity index (χ3n) is 1.61. The van der Waals surface area contributed by atoms with E-state index in [0.717, 1.165) is 6.07 Å². The summed E-state index contributed by atoms with van der Waals surface area (Å²) < 4.78 is 25.8. The molecule has 0 fully saturated rings. The highest BCUT2D eigenvalue weighted by atomic mass is 19.1. The topological polar surface area (TPSA) is 77.8 Å². The van der Waals surface area contributed by atoms with Crippen LogP contribution in [0.4, 0.5) is 8.78 Å². The van der Waals surface area contributed by atoms with Crippen molar-refractivity contribution in [1.29, 1.82) is 0 Å². The number of carboxylic acids is 1. The first-order valence-corrected chi connectivity index (χ1v) is 3.53. The molecule has 0 saturated carbocycles. The van der Waals surface area contributed by atoms with E-state index in [-0.39, 0.29) is 0 Å². The highest BCUT2D eigenvalue weighted by Gasteiger charge is 2.25. The molecule has 76 valence electrons. The standard InChI is InChI=1S/C8H6F2O4/c9-3-1-2-4(11)6(10)5(3)7(12)8(13)14/h1-2,7,11-12H,(H,13,14). The van der Waals surface area contributed by atoms with E-state index in [1.807, 2.05) is 0 Å². The van der Waals surface area contributed by atoms with E-state index in [1.165, 1.54) is 0 Å². The molecule has 0 bridgehead atoms. The van der Waals surface area contributed by atoms with Gasteiger partial charge >= 0.3 is 5.97 Å². The molecular formula is C8H6F2O4. The Morgan fingerprint density at radius 2 is 1.93 bits per heavy atom. The molecule has 1 unspecified atom stereocenters. The first-order valence-electron chi connectivity index (χ1n) is 3.53. The number of rotatable bonds is 2. The number of aliphatic carboxylic acids is 1. The van der Waals surface area contributed by atoms with Crippen molar-refractivity contribution < 1.29 is 28.9 Å². The molecule has 0 heterocycles. The molecule has 0 spiro atoms. The van der Waals surface area contributed by atoms with Gasteiger partial charge in [-0.3, -0.25) is 0 Å². The molecule has 1 aromatic rings. The molecule has 0 aliphatic heterocycles. The Balaban J connectivity index is 3.32. The number of hydrogen-bond acceptors (Lipinski definition) is 3. The average Bonchev–Trinajstić information content (AvgIpc) is 2.12. The molecule has 6 heteroatoms. The van der Waals surface area contributed by atoms with Crippen LogP contribution in [0.3, 0.4) is 0 Å². The lowest BCUT2D eigenvalue weighted by Crippen LogP contribution is -2.14. The van der Waals surface area contributed by atoms with Crippen molar-refractivity contribution in [3.8, 4) is 5.75 Å². The molecular weight excluding hydrogens is 198 g/mol. The van der Waals surface area contributed by atoms with Crippen LogP contribution in [0, 0.1) is 11.6 Å². The quantitative estimate of drug-likeness (QED) is 0.665. The molecule has 3 N–H and O–H groups in total. The second-order valence-corrected chi connectivity index (χ2v) is 2.53. The van der Waals surface area contributed by atoms with E-state index in [4.69, 9.17) is 15.3 Å². The molecule has 1 aromatic carbocycles. The highest BCUT2D eigenvalue weighted by molar-refractivity contribution is 5.74. The van der Waals surface area contributed by atoms with Gasteiger partial charge in [0.2, 0.25) is 0 Å². The van der Waals surface area contributed by atoms with E-state index in [2.05, 4.69) is 0 Å². The van der Waals surface area contributed by atoms with E-state index in [1.54, 1.807) is 0 Å². The van der Waals surface area contributed by atoms with Gasteiger partial charge in [-0.1, -0.05) is 0 Å². The maximum absolute atomic E-state index is 13.0. The van der Waals surface area contributed by atoms with Crippen molar-refractivity contribution in [3.63, 3.8) is 0 Å². The van der Waals surface area contributed by atoms with Gasteiger partial charge in [-0.05, 0) is 12.1 Å². The summed E-state index contributed by atoms with van der Waals surface area (Å²) in [6.45, 7) is 0. The molecule has 0 aliphatic carbocycles. The van der Waals surface area contributed by atoms with Crippen molar-refractivity contribution in [1.82, 2.24) is 0 Å². The zero-order chi connectivity index (χ0) is 10.9. The number of aliphatic hydroxyl groups excluding tert-OH is 1. The normalized spacial score (nSPS) is 12.5. The van der Waals surface area contributed by atoms with Gasteiger partial charge in [-0.15, -0.1) is 0 Å². The van der Waals surface area contributed by atoms with E-state index >= 15 is 0 Å². The summed E-state index contributed by atoms with van der Waals surface area (Å²) >= 11 is 0. The molecule has 1 rings (SSSR count). The van der Waals surface area contributed by atoms with Crippen LogP contribution in [0.15, 0.2) is 12.1 Å². The number of hydrogen-bond donors (Lipinski definition) is 3. The summed E-state index contributed by atoms with van der Waals surface area (Å²) in [7, 11) is 0. The van der Waals surface area contributed by atoms with Crippen LogP contribution >= 0.6 is 0 Å². The fourth-order valence-corrected chi connectivity index (χ4v) is 0.932. The Bertz CT molecular complexity index is 378. The number of aliphatic hydroxyl groups is 1. The smallest absolute Gasteiger partial charge is 0.337 e. The van der Waals surface area contributed by atoms with Gasteiger partial charge in [0.25, 0.3) is 0 Å². The van der Waals surface area contributed by atoms with Crippen LogP contribution in [-0.2, 0) is 4.79 Å². The lowest BCUT2D eigenvalue weighted by molar-refractivity contribution is -0.147. The minimum Gasteiger partial charge on any atom is -0.505 e. The second-order valence-electron chi connectivity index (χ2n) is 2.53. The lowest BCUT2D eigenvalue weighted by Gasteiger charge is -2.08. The number of carboxylic acid groups (broad SMARTS) is 1. The number of phenolic OH excluding ortho intramolecular Hbond substituents is 1. The zero-order valence-electron chi connectivity index (χ0n) is 6.74. The molecule has 4 nitrogen and oxygen atoms in total. The minimum absolute atomic E-state index is 0.667. The third-order valence-corrected chi connectivity index (χ3v) is 1.61. The van der Waals surface area contributed by atoms with Crippen LogP contribution < -0.4 is 0 Å². The maximum Gasteiger partial charge on any atom is 0.337 e. The van der Waals surface area contributed by atoms with Gasteiger partial charge in [-0.2, -0.15) is 0 Å². The number of halogens is 2. The van der Waals surface area contributed by atoms with Gasteiger partial charge in [-0.25, -0.2) is 13.6 Å². The van der Waals surface area contributed by atoms with Crippen LogP contribution in [0.25, 0.3) is 0 Å². The monoisotopic (exact) mass is 204 g/mol. The molecule has 1 atom stereocenters. The Morgan fingerprint density at radius 1 is 1.36 bits per heavy atom. The second kappa shape index (κ2) is 3.59.